The van der Waals surface area contributed by atoms with E-state index in [1.54, 1.807) is 7.11 Å². The lowest BCUT2D eigenvalue weighted by atomic mass is 10.1. The number of guanidine groups is 1. The van der Waals surface area contributed by atoms with E-state index in [0.717, 1.165) is 42.7 Å². The van der Waals surface area contributed by atoms with Crippen LogP contribution in [0.4, 0.5) is 0 Å². The standard InChI is InChI=1S/C20H31N7O/c1-3-21-20(22-11-14-27-12-5-4-6-13-27)23-15-18-24-19(26-25-18)16-7-9-17(28-2)10-8-16/h7-10H,3-6,11-15H2,1-2H3,(H2,21,22,23)(H,24,25,26). The summed E-state index contributed by atoms with van der Waals surface area (Å²) >= 11 is 0. The predicted octanol–water partition coefficient (Wildman–Crippen LogP) is 2.02. The van der Waals surface area contributed by atoms with Crippen molar-refractivity contribution >= 4 is 5.96 Å². The summed E-state index contributed by atoms with van der Waals surface area (Å²) in [6, 6.07) is 7.70. The Morgan fingerprint density at radius 3 is 2.68 bits per heavy atom. The number of likely N-dealkylation sites (tertiary alicyclic amines) is 1. The predicted molar refractivity (Wildman–Crippen MR) is 111 cm³/mol. The summed E-state index contributed by atoms with van der Waals surface area (Å²) in [4.78, 5) is 11.7. The first kappa shape index (κ1) is 20.1. The van der Waals surface area contributed by atoms with E-state index in [1.807, 2.05) is 24.3 Å². The van der Waals surface area contributed by atoms with Crippen molar-refractivity contribution in [2.24, 2.45) is 4.99 Å². The first-order valence-corrected chi connectivity index (χ1v) is 10.1. The molecule has 0 saturated carbocycles. The lowest BCUT2D eigenvalue weighted by Gasteiger charge is -2.26. The number of ether oxygens (including phenoxy) is 1. The highest BCUT2D eigenvalue weighted by atomic mass is 16.5. The molecule has 1 saturated heterocycles. The Kier molecular flexibility index (Phi) is 7.66. The Balaban J connectivity index is 1.52. The molecule has 8 heteroatoms. The normalized spacial score (nSPS) is 15.4. The molecule has 3 N–H and O–H groups in total. The molecule has 0 unspecified atom stereocenters. The number of aromatic amines is 1. The second kappa shape index (κ2) is 10.7. The number of aromatic nitrogens is 3. The average molecular weight is 386 g/mol. The van der Waals surface area contributed by atoms with Crippen molar-refractivity contribution in [3.05, 3.63) is 30.1 Å². The van der Waals surface area contributed by atoms with Gasteiger partial charge in [0.2, 0.25) is 0 Å². The monoisotopic (exact) mass is 385 g/mol. The zero-order chi connectivity index (χ0) is 19.6. The van der Waals surface area contributed by atoms with Crippen LogP contribution in [0, 0.1) is 0 Å². The van der Waals surface area contributed by atoms with Gasteiger partial charge in [0.05, 0.1) is 7.11 Å². The summed E-state index contributed by atoms with van der Waals surface area (Å²) in [5, 5.41) is 14.0. The van der Waals surface area contributed by atoms with Crippen LogP contribution in [0.25, 0.3) is 11.4 Å². The Bertz CT molecular complexity index is 735. The molecule has 28 heavy (non-hydrogen) atoms. The first-order chi connectivity index (χ1) is 13.8. The van der Waals surface area contributed by atoms with Gasteiger partial charge in [0.1, 0.15) is 18.1 Å². The van der Waals surface area contributed by atoms with Crippen LogP contribution in [0.2, 0.25) is 0 Å². The summed E-state index contributed by atoms with van der Waals surface area (Å²) < 4.78 is 5.19. The molecule has 2 heterocycles. The molecule has 0 bridgehead atoms. The van der Waals surface area contributed by atoms with Gasteiger partial charge >= 0.3 is 0 Å². The molecule has 152 valence electrons. The van der Waals surface area contributed by atoms with Crippen molar-refractivity contribution in [2.45, 2.75) is 32.7 Å². The van der Waals surface area contributed by atoms with Crippen LogP contribution in [-0.2, 0) is 6.54 Å². The summed E-state index contributed by atoms with van der Waals surface area (Å²) in [6.45, 7) is 7.69. The van der Waals surface area contributed by atoms with E-state index in [1.165, 1.54) is 32.4 Å². The van der Waals surface area contributed by atoms with Crippen LogP contribution in [0.15, 0.2) is 29.3 Å². The van der Waals surface area contributed by atoms with Gasteiger partial charge in [0.25, 0.3) is 0 Å². The molecule has 1 aliphatic heterocycles. The van der Waals surface area contributed by atoms with Gasteiger partial charge in [-0.25, -0.2) is 9.98 Å². The molecule has 1 aromatic heterocycles. The van der Waals surface area contributed by atoms with Crippen molar-refractivity contribution in [3.63, 3.8) is 0 Å². The Hall–Kier alpha value is -2.61. The largest absolute Gasteiger partial charge is 0.497 e. The van der Waals surface area contributed by atoms with E-state index in [4.69, 9.17) is 4.74 Å². The highest BCUT2D eigenvalue weighted by Gasteiger charge is 2.10. The van der Waals surface area contributed by atoms with Crippen LogP contribution >= 0.6 is 0 Å². The molecule has 3 rings (SSSR count). The number of nitrogens with one attached hydrogen (secondary N) is 3. The number of nitrogens with zero attached hydrogens (tertiary/aromatic N) is 4. The van der Waals surface area contributed by atoms with E-state index >= 15 is 0 Å². The van der Waals surface area contributed by atoms with Crippen LogP contribution in [-0.4, -0.2) is 65.9 Å². The third kappa shape index (κ3) is 5.95. The van der Waals surface area contributed by atoms with Gasteiger partial charge in [-0.3, -0.25) is 5.10 Å². The summed E-state index contributed by atoms with van der Waals surface area (Å²) in [7, 11) is 1.65. The zero-order valence-electron chi connectivity index (χ0n) is 16.9. The second-order valence-corrected chi connectivity index (χ2v) is 6.86. The maximum Gasteiger partial charge on any atom is 0.191 e. The maximum absolute atomic E-state index is 5.19. The van der Waals surface area contributed by atoms with Gasteiger partial charge in [-0.2, -0.15) is 5.10 Å². The third-order valence-electron chi connectivity index (χ3n) is 4.78. The number of methoxy groups -OCH3 is 1. The maximum atomic E-state index is 5.19. The minimum absolute atomic E-state index is 0.447. The van der Waals surface area contributed by atoms with E-state index in [-0.39, 0.29) is 0 Å². The highest BCUT2D eigenvalue weighted by Crippen LogP contribution is 2.19. The number of hydrogen-bond donors (Lipinski definition) is 3. The molecule has 1 aromatic carbocycles. The topological polar surface area (TPSA) is 90.5 Å². The van der Waals surface area contributed by atoms with Crippen molar-refractivity contribution in [1.29, 1.82) is 0 Å². The SMILES string of the molecule is CCNC(=NCc1nc(-c2ccc(OC)cc2)n[nH]1)NCCN1CCCCC1. The number of piperidine rings is 1. The molecule has 1 fully saturated rings. The molecular weight excluding hydrogens is 354 g/mol. The molecule has 2 aromatic rings. The van der Waals surface area contributed by atoms with E-state index < -0.39 is 0 Å². The molecule has 8 nitrogen and oxygen atoms in total. The fourth-order valence-electron chi connectivity index (χ4n) is 3.25. The van der Waals surface area contributed by atoms with E-state index in [9.17, 15) is 0 Å². The average Bonchev–Trinajstić information content (AvgIpc) is 3.22. The molecule has 0 aliphatic carbocycles. The number of aliphatic imine (C=N–C) groups is 1. The zero-order valence-corrected chi connectivity index (χ0v) is 16.9. The summed E-state index contributed by atoms with van der Waals surface area (Å²) in [5.41, 5.74) is 0.943. The number of hydrogen-bond acceptors (Lipinski definition) is 5. The van der Waals surface area contributed by atoms with E-state index in [2.05, 4.69) is 42.6 Å². The number of H-pyrrole nitrogens is 1. The van der Waals surface area contributed by atoms with Crippen LogP contribution in [0.3, 0.4) is 0 Å². The highest BCUT2D eigenvalue weighted by molar-refractivity contribution is 5.79. The van der Waals surface area contributed by atoms with Gasteiger partial charge in [0.15, 0.2) is 11.8 Å². The first-order valence-electron chi connectivity index (χ1n) is 10.1. The fraction of sp³-hybridized carbons (Fsp3) is 0.550. The van der Waals surface area contributed by atoms with Crippen LogP contribution < -0.4 is 15.4 Å². The van der Waals surface area contributed by atoms with Crippen molar-refractivity contribution in [2.75, 3.05) is 39.8 Å². The molecule has 0 atom stereocenters. The van der Waals surface area contributed by atoms with Gasteiger partial charge in [-0.1, -0.05) is 6.42 Å². The van der Waals surface area contributed by atoms with Crippen molar-refractivity contribution in [1.82, 2.24) is 30.7 Å². The summed E-state index contributed by atoms with van der Waals surface area (Å²) in [6.07, 6.45) is 4.00. The number of rotatable bonds is 8. The molecule has 0 amide bonds. The summed E-state index contributed by atoms with van der Waals surface area (Å²) in [5.74, 6) is 3.02. The number of benzene rings is 1. The smallest absolute Gasteiger partial charge is 0.191 e. The Morgan fingerprint density at radius 1 is 1.18 bits per heavy atom. The second-order valence-electron chi connectivity index (χ2n) is 6.86. The molecule has 0 radical (unpaired) electrons. The minimum atomic E-state index is 0.447. The quantitative estimate of drug-likeness (QED) is 0.476. The van der Waals surface area contributed by atoms with Gasteiger partial charge < -0.3 is 20.3 Å². The Morgan fingerprint density at radius 2 is 1.96 bits per heavy atom. The Labute approximate surface area is 166 Å². The van der Waals surface area contributed by atoms with Gasteiger partial charge in [0, 0.05) is 25.2 Å². The van der Waals surface area contributed by atoms with Crippen LogP contribution in [0.5, 0.6) is 5.75 Å². The lowest BCUT2D eigenvalue weighted by Crippen LogP contribution is -2.42. The van der Waals surface area contributed by atoms with Crippen molar-refractivity contribution in [3.8, 4) is 17.1 Å². The van der Waals surface area contributed by atoms with Gasteiger partial charge in [-0.15, -0.1) is 0 Å². The van der Waals surface area contributed by atoms with Crippen molar-refractivity contribution < 1.29 is 4.74 Å². The molecule has 1 aliphatic rings. The third-order valence-corrected chi connectivity index (χ3v) is 4.78. The lowest BCUT2D eigenvalue weighted by molar-refractivity contribution is 0.232. The van der Waals surface area contributed by atoms with E-state index in [0.29, 0.717) is 12.4 Å². The van der Waals surface area contributed by atoms with Gasteiger partial charge in [-0.05, 0) is 57.1 Å². The molecular formula is C20H31N7O. The minimum Gasteiger partial charge on any atom is -0.497 e. The fourth-order valence-corrected chi connectivity index (χ4v) is 3.25. The molecule has 0 spiro atoms. The van der Waals surface area contributed by atoms with Crippen LogP contribution in [0.1, 0.15) is 32.0 Å².